The summed E-state index contributed by atoms with van der Waals surface area (Å²) in [5, 5.41) is 5.58. The monoisotopic (exact) mass is 563 g/mol. The molecule has 0 amide bonds. The molecule has 164 valence electrons. The molecule has 0 heterocycles. The van der Waals surface area contributed by atoms with Crippen molar-refractivity contribution in [3.8, 4) is 0 Å². The first-order chi connectivity index (χ1) is 16.0. The molecule has 33 heavy (non-hydrogen) atoms. The van der Waals surface area contributed by atoms with Gasteiger partial charge >= 0.3 is 89.0 Å². The third-order valence-corrected chi connectivity index (χ3v) is 9.05. The van der Waals surface area contributed by atoms with Crippen molar-refractivity contribution in [1.29, 1.82) is 0 Å². The normalized spacial score (nSPS) is 11.7. The van der Waals surface area contributed by atoms with E-state index < -0.39 is 10.1 Å². The topological polar surface area (TPSA) is 54.4 Å². The van der Waals surface area contributed by atoms with Crippen LogP contribution in [0.5, 0.6) is 0 Å². The molecule has 6 rings (SSSR count). The Hall–Kier alpha value is -3.00. The van der Waals surface area contributed by atoms with Crippen molar-refractivity contribution >= 4 is 42.4 Å². The van der Waals surface area contributed by atoms with Crippen LogP contribution in [0.3, 0.4) is 0 Å². The molecule has 0 unspecified atom stereocenters. The van der Waals surface area contributed by atoms with Crippen molar-refractivity contribution < 1.29 is 34.2 Å². The molecule has 0 saturated carbocycles. The van der Waals surface area contributed by atoms with Gasteiger partial charge < -0.3 is 0 Å². The summed E-state index contributed by atoms with van der Waals surface area (Å²) in [6.45, 7) is 0. The number of hydrogen-bond acceptors (Lipinski definition) is 2. The van der Waals surface area contributed by atoms with Crippen LogP contribution in [0, 0.1) is 7.14 Å². The summed E-state index contributed by atoms with van der Waals surface area (Å²) >= 11 is 0.0287. The van der Waals surface area contributed by atoms with Crippen LogP contribution in [0.15, 0.2) is 120 Å². The van der Waals surface area contributed by atoms with E-state index in [0.29, 0.717) is 5.39 Å². The zero-order valence-corrected chi connectivity index (χ0v) is 20.5. The van der Waals surface area contributed by atoms with Gasteiger partial charge in [0.2, 0.25) is 0 Å². The molecule has 0 atom stereocenters. The zero-order chi connectivity index (χ0) is 22.8. The molecule has 0 aliphatic carbocycles. The van der Waals surface area contributed by atoms with Crippen LogP contribution in [0.25, 0.3) is 32.3 Å². The molecule has 0 aliphatic rings. The first-order valence-corrected chi connectivity index (χ1v) is 14.0. The van der Waals surface area contributed by atoms with Crippen molar-refractivity contribution in [1.82, 2.24) is 0 Å². The van der Waals surface area contributed by atoms with Gasteiger partial charge in [0.05, 0.1) is 0 Å². The van der Waals surface area contributed by atoms with Gasteiger partial charge in [-0.25, -0.2) is 0 Å². The fourth-order valence-corrected chi connectivity index (χ4v) is 6.97. The van der Waals surface area contributed by atoms with Gasteiger partial charge in [0.15, 0.2) is 0 Å². The molecule has 6 aromatic rings. The van der Waals surface area contributed by atoms with Gasteiger partial charge in [0, 0.05) is 5.39 Å². The van der Waals surface area contributed by atoms with Gasteiger partial charge in [-0.15, -0.1) is 0 Å². The average molecular weight is 563 g/mol. The van der Waals surface area contributed by atoms with Crippen molar-refractivity contribution in [3.05, 3.63) is 122 Å². The van der Waals surface area contributed by atoms with E-state index in [0.717, 1.165) is 26.9 Å². The van der Waals surface area contributed by atoms with E-state index in [2.05, 4.69) is 60.7 Å². The third kappa shape index (κ3) is 4.57. The Morgan fingerprint density at radius 1 is 0.515 bits per heavy atom. The summed E-state index contributed by atoms with van der Waals surface area (Å²) in [7, 11) is -4.23. The Labute approximate surface area is 203 Å². The van der Waals surface area contributed by atoms with Gasteiger partial charge in [0.25, 0.3) is 10.1 Å². The Bertz CT molecular complexity index is 1590. The van der Waals surface area contributed by atoms with Crippen LogP contribution < -0.4 is 21.2 Å². The van der Waals surface area contributed by atoms with Gasteiger partial charge in [0.1, 0.15) is 4.90 Å². The van der Waals surface area contributed by atoms with E-state index in [1.54, 1.807) is 12.1 Å². The molecule has 0 aliphatic heterocycles. The fourth-order valence-electron chi connectivity index (χ4n) is 4.01. The maximum atomic E-state index is 11.5. The predicted octanol–water partition coefficient (Wildman–Crippen LogP) is 3.65. The SMILES string of the molecule is O=S(=O)(O)c1ccc2ccc3cccc4ccc1c2c34.c1ccc([I-]c2ccccc2)cc1. The second-order valence-corrected chi connectivity index (χ2v) is 12.0. The van der Waals surface area contributed by atoms with Crippen molar-refractivity contribution in [2.24, 2.45) is 0 Å². The molecule has 3 nitrogen and oxygen atoms in total. The van der Waals surface area contributed by atoms with Crippen molar-refractivity contribution in [2.75, 3.05) is 0 Å². The zero-order valence-electron chi connectivity index (χ0n) is 17.5. The second kappa shape index (κ2) is 9.09. The van der Waals surface area contributed by atoms with Crippen LogP contribution in [-0.2, 0) is 10.1 Å². The summed E-state index contributed by atoms with van der Waals surface area (Å²) in [6.07, 6.45) is 0. The number of benzene rings is 6. The molecule has 1 N–H and O–H groups in total. The Morgan fingerprint density at radius 2 is 1.00 bits per heavy atom. The van der Waals surface area contributed by atoms with Crippen LogP contribution in [-0.4, -0.2) is 13.0 Å². The molecule has 6 aromatic carbocycles. The van der Waals surface area contributed by atoms with E-state index in [9.17, 15) is 13.0 Å². The minimum atomic E-state index is -4.23. The standard InChI is InChI=1S/C16H10O3S.C12H10I/c17-20(18,19)14-9-7-12-5-4-10-2-1-3-11-6-8-13(14)16(12)15(10)11;1-3-7-11(8-4-1)13-12-9-5-2-6-10-12/h1-9H,(H,17,18,19);1-10H/q;-1. The number of halogens is 1. The Morgan fingerprint density at radius 3 is 1.55 bits per heavy atom. The summed E-state index contributed by atoms with van der Waals surface area (Å²) in [5.74, 6) is 0. The molecule has 0 radical (unpaired) electrons. The maximum absolute atomic E-state index is 11.5. The molecule has 5 heteroatoms. The first-order valence-electron chi connectivity index (χ1n) is 10.4. The quantitative estimate of drug-likeness (QED) is 0.203. The van der Waals surface area contributed by atoms with E-state index in [-0.39, 0.29) is 26.1 Å². The first kappa shape index (κ1) is 21.8. The number of rotatable bonds is 3. The third-order valence-electron chi connectivity index (χ3n) is 5.45. The van der Waals surface area contributed by atoms with Crippen molar-refractivity contribution in [3.63, 3.8) is 0 Å². The molecule has 0 fully saturated rings. The predicted molar refractivity (Wildman–Crippen MR) is 130 cm³/mol. The molecular formula is C28H20IO3S-. The molecule has 0 spiro atoms. The van der Waals surface area contributed by atoms with E-state index in [1.165, 1.54) is 13.2 Å². The van der Waals surface area contributed by atoms with Gasteiger partial charge in [-0.05, 0) is 33.0 Å². The van der Waals surface area contributed by atoms with Crippen LogP contribution in [0.2, 0.25) is 0 Å². The van der Waals surface area contributed by atoms with E-state index in [4.69, 9.17) is 0 Å². The van der Waals surface area contributed by atoms with E-state index in [1.807, 2.05) is 36.4 Å². The number of hydrogen-bond donors (Lipinski definition) is 1. The summed E-state index contributed by atoms with van der Waals surface area (Å²) in [6, 6.07) is 38.2. The van der Waals surface area contributed by atoms with Gasteiger partial charge in [-0.3, -0.25) is 4.55 Å². The van der Waals surface area contributed by atoms with Gasteiger partial charge in [-0.2, -0.15) is 8.42 Å². The minimum absolute atomic E-state index is 0.0287. The average Bonchev–Trinajstić information content (AvgIpc) is 2.83. The summed E-state index contributed by atoms with van der Waals surface area (Å²) in [4.78, 5) is -0.0387. The molecule has 0 aromatic heterocycles. The summed E-state index contributed by atoms with van der Waals surface area (Å²) in [5.41, 5.74) is 0. The van der Waals surface area contributed by atoms with E-state index >= 15 is 0 Å². The van der Waals surface area contributed by atoms with Crippen LogP contribution >= 0.6 is 0 Å². The Kier molecular flexibility index (Phi) is 6.01. The molecule has 0 saturated heterocycles. The van der Waals surface area contributed by atoms with Crippen LogP contribution in [0.4, 0.5) is 0 Å². The molecular weight excluding hydrogens is 543 g/mol. The van der Waals surface area contributed by atoms with Gasteiger partial charge in [-0.1, -0.05) is 48.5 Å². The summed E-state index contributed by atoms with van der Waals surface area (Å²) < 4.78 is 35.4. The van der Waals surface area contributed by atoms with Crippen LogP contribution in [0.1, 0.15) is 0 Å². The Balaban J connectivity index is 0.000000152. The fraction of sp³-hybridized carbons (Fsp3) is 0. The van der Waals surface area contributed by atoms with Crippen molar-refractivity contribution in [2.45, 2.75) is 4.90 Å². The molecule has 0 bridgehead atoms. The second-order valence-electron chi connectivity index (χ2n) is 7.58.